The van der Waals surface area contributed by atoms with Crippen LogP contribution in [0.2, 0.25) is 0 Å². The van der Waals surface area contributed by atoms with Gasteiger partial charge in [0.1, 0.15) is 6.04 Å². The van der Waals surface area contributed by atoms with Crippen molar-refractivity contribution in [3.63, 3.8) is 0 Å². The molecule has 34 heavy (non-hydrogen) atoms. The second-order valence-electron chi connectivity index (χ2n) is 9.52. The number of likely N-dealkylation sites (tertiary alicyclic amines) is 2. The molecule has 0 saturated carbocycles. The van der Waals surface area contributed by atoms with E-state index >= 15 is 0 Å². The van der Waals surface area contributed by atoms with E-state index in [9.17, 15) is 14.7 Å². The molecule has 8 heteroatoms. The Morgan fingerprint density at radius 2 is 1.59 bits per heavy atom. The molecule has 2 fully saturated rings. The van der Waals surface area contributed by atoms with Gasteiger partial charge >= 0.3 is 0 Å². The van der Waals surface area contributed by atoms with Crippen molar-refractivity contribution >= 4 is 17.8 Å². The third kappa shape index (κ3) is 3.62. The minimum absolute atomic E-state index is 0.0931. The zero-order valence-electron chi connectivity index (χ0n) is 19.2. The number of aliphatic hydroxyl groups is 1. The largest absolute Gasteiger partial charge is 0.372 e. The van der Waals surface area contributed by atoms with Gasteiger partial charge in [-0.05, 0) is 42.7 Å². The number of fused-ring (bicyclic) bond motifs is 3. The summed E-state index contributed by atoms with van der Waals surface area (Å²) >= 11 is 0. The summed E-state index contributed by atoms with van der Waals surface area (Å²) in [5.74, 6) is -0.182. The molecular weight excluding hydrogens is 430 g/mol. The average molecular weight is 462 g/mol. The zero-order chi connectivity index (χ0) is 23.9. The van der Waals surface area contributed by atoms with E-state index in [1.807, 2.05) is 41.3 Å². The molecule has 8 nitrogen and oxygen atoms in total. The molecule has 2 aliphatic heterocycles. The summed E-state index contributed by atoms with van der Waals surface area (Å²) in [6.07, 6.45) is 3.03. The standard InChI is InChI=1S/C26H31N5O3/c27-25(28)30-14-11-17(12-15-30)16-29-23(32)22-10-5-13-31(22)24(33)26(34)20-8-3-1-6-18(20)19-7-2-4-9-21(19)26/h1-4,6-9,17,22,34H,5,10-16H2,(H3,27,28)(H,29,32)/t22-/m0/s1. The number of nitrogens with two attached hydrogens (primary N) is 1. The predicted octanol–water partition coefficient (Wildman–Crippen LogP) is 1.62. The Hall–Kier alpha value is -3.39. The summed E-state index contributed by atoms with van der Waals surface area (Å²) in [6, 6.07) is 14.3. The summed E-state index contributed by atoms with van der Waals surface area (Å²) in [4.78, 5) is 30.4. The van der Waals surface area contributed by atoms with Gasteiger partial charge in [0.05, 0.1) is 0 Å². The Balaban J connectivity index is 1.31. The van der Waals surface area contributed by atoms with Crippen molar-refractivity contribution in [3.05, 3.63) is 59.7 Å². The number of piperidine rings is 1. The van der Waals surface area contributed by atoms with Gasteiger partial charge in [0.25, 0.3) is 5.91 Å². The van der Waals surface area contributed by atoms with Gasteiger partial charge in [-0.15, -0.1) is 0 Å². The third-order valence-corrected chi connectivity index (χ3v) is 7.57. The first kappa shape index (κ1) is 22.4. The van der Waals surface area contributed by atoms with E-state index in [2.05, 4.69) is 5.32 Å². The molecule has 0 unspecified atom stereocenters. The summed E-state index contributed by atoms with van der Waals surface area (Å²) in [5.41, 5.74) is 6.62. The predicted molar refractivity (Wildman–Crippen MR) is 129 cm³/mol. The van der Waals surface area contributed by atoms with Gasteiger partial charge in [-0.2, -0.15) is 0 Å². The van der Waals surface area contributed by atoms with E-state index in [0.29, 0.717) is 36.6 Å². The summed E-state index contributed by atoms with van der Waals surface area (Å²) in [5, 5.41) is 22.5. The van der Waals surface area contributed by atoms with Crippen molar-refractivity contribution in [1.82, 2.24) is 15.1 Å². The SMILES string of the molecule is N=C(N)N1CCC(CNC(=O)[C@@H]2CCCN2C(=O)C2(O)c3ccccc3-c3ccccc32)CC1. The van der Waals surface area contributed by atoms with Gasteiger partial charge in [-0.1, -0.05) is 48.5 Å². The maximum atomic E-state index is 13.9. The lowest BCUT2D eigenvalue weighted by Gasteiger charge is -2.34. The van der Waals surface area contributed by atoms with Crippen LogP contribution in [0.25, 0.3) is 11.1 Å². The number of guanidine groups is 1. The topological polar surface area (TPSA) is 123 Å². The Morgan fingerprint density at radius 1 is 1.00 bits per heavy atom. The number of amides is 2. The molecule has 2 aromatic carbocycles. The van der Waals surface area contributed by atoms with Gasteiger partial charge in [0.15, 0.2) is 11.6 Å². The van der Waals surface area contributed by atoms with Crippen molar-refractivity contribution in [2.75, 3.05) is 26.2 Å². The van der Waals surface area contributed by atoms with E-state index in [0.717, 1.165) is 43.5 Å². The molecule has 3 aliphatic rings. The number of hydrogen-bond acceptors (Lipinski definition) is 4. The molecule has 5 N–H and O–H groups in total. The molecule has 0 spiro atoms. The van der Waals surface area contributed by atoms with Crippen LogP contribution in [-0.2, 0) is 15.2 Å². The Bertz CT molecular complexity index is 1080. The van der Waals surface area contributed by atoms with Crippen LogP contribution in [0.4, 0.5) is 0 Å². The highest BCUT2D eigenvalue weighted by Gasteiger charge is 2.52. The lowest BCUT2D eigenvalue weighted by atomic mass is 9.89. The van der Waals surface area contributed by atoms with Crippen LogP contribution in [0.15, 0.2) is 48.5 Å². The molecule has 2 aromatic rings. The monoisotopic (exact) mass is 461 g/mol. The number of hydrogen-bond donors (Lipinski definition) is 4. The van der Waals surface area contributed by atoms with Gasteiger partial charge in [-0.25, -0.2) is 0 Å². The molecule has 178 valence electrons. The number of benzene rings is 2. The van der Waals surface area contributed by atoms with E-state index in [1.54, 1.807) is 17.0 Å². The van der Waals surface area contributed by atoms with Crippen LogP contribution < -0.4 is 11.1 Å². The normalized spacial score (nSPS) is 21.1. The fraction of sp³-hybridized carbons (Fsp3) is 0.423. The van der Waals surface area contributed by atoms with Crippen LogP contribution >= 0.6 is 0 Å². The van der Waals surface area contributed by atoms with E-state index in [1.165, 1.54) is 0 Å². The van der Waals surface area contributed by atoms with Crippen LogP contribution in [0.1, 0.15) is 36.8 Å². The highest BCUT2D eigenvalue weighted by molar-refractivity contribution is 6.00. The molecular formula is C26H31N5O3. The lowest BCUT2D eigenvalue weighted by molar-refractivity contribution is -0.151. The highest BCUT2D eigenvalue weighted by Crippen LogP contribution is 2.48. The van der Waals surface area contributed by atoms with Crippen molar-refractivity contribution in [3.8, 4) is 11.1 Å². The number of nitrogens with one attached hydrogen (secondary N) is 2. The minimum Gasteiger partial charge on any atom is -0.372 e. The first-order chi connectivity index (χ1) is 16.4. The van der Waals surface area contributed by atoms with E-state index in [-0.39, 0.29) is 11.9 Å². The van der Waals surface area contributed by atoms with Crippen LogP contribution in [0, 0.1) is 11.3 Å². The van der Waals surface area contributed by atoms with Crippen molar-refractivity contribution in [1.29, 1.82) is 5.41 Å². The van der Waals surface area contributed by atoms with Gasteiger partial charge in [0, 0.05) is 37.3 Å². The molecule has 1 aliphatic carbocycles. The van der Waals surface area contributed by atoms with E-state index < -0.39 is 17.6 Å². The number of nitrogens with zero attached hydrogens (tertiary/aromatic N) is 2. The fourth-order valence-corrected chi connectivity index (χ4v) is 5.67. The summed E-state index contributed by atoms with van der Waals surface area (Å²) in [6.45, 7) is 2.42. The van der Waals surface area contributed by atoms with Crippen molar-refractivity contribution in [2.24, 2.45) is 11.7 Å². The summed E-state index contributed by atoms with van der Waals surface area (Å²) < 4.78 is 0. The first-order valence-electron chi connectivity index (χ1n) is 12.0. The first-order valence-corrected chi connectivity index (χ1v) is 12.0. The minimum atomic E-state index is -1.80. The van der Waals surface area contributed by atoms with Crippen molar-refractivity contribution in [2.45, 2.75) is 37.3 Å². The molecule has 2 amide bonds. The van der Waals surface area contributed by atoms with Gasteiger partial charge in [0.2, 0.25) is 5.91 Å². The van der Waals surface area contributed by atoms with E-state index in [4.69, 9.17) is 11.1 Å². The molecule has 0 radical (unpaired) electrons. The third-order valence-electron chi connectivity index (χ3n) is 7.57. The van der Waals surface area contributed by atoms with Crippen LogP contribution in [-0.4, -0.2) is 64.9 Å². The number of carbonyl (C=O) groups is 2. The molecule has 1 atom stereocenters. The second-order valence-corrected chi connectivity index (χ2v) is 9.52. The highest BCUT2D eigenvalue weighted by atomic mass is 16.3. The Kier molecular flexibility index (Phi) is 5.77. The van der Waals surface area contributed by atoms with Crippen molar-refractivity contribution < 1.29 is 14.7 Å². The quantitative estimate of drug-likeness (QED) is 0.407. The zero-order valence-corrected chi connectivity index (χ0v) is 19.2. The molecule has 5 rings (SSSR count). The molecule has 2 heterocycles. The smallest absolute Gasteiger partial charge is 0.264 e. The number of rotatable bonds is 4. The lowest BCUT2D eigenvalue weighted by Crippen LogP contribution is -2.53. The van der Waals surface area contributed by atoms with Crippen LogP contribution in [0.3, 0.4) is 0 Å². The second kappa shape index (κ2) is 8.76. The van der Waals surface area contributed by atoms with Gasteiger partial charge in [-0.3, -0.25) is 15.0 Å². The Labute approximate surface area is 199 Å². The average Bonchev–Trinajstić information content (AvgIpc) is 3.45. The van der Waals surface area contributed by atoms with Crippen LogP contribution in [0.5, 0.6) is 0 Å². The Morgan fingerprint density at radius 3 is 2.18 bits per heavy atom. The molecule has 0 aromatic heterocycles. The fourth-order valence-electron chi connectivity index (χ4n) is 5.67. The van der Waals surface area contributed by atoms with Gasteiger partial charge < -0.3 is 26.0 Å². The number of carbonyl (C=O) groups excluding carboxylic acids is 2. The molecule has 0 bridgehead atoms. The maximum absolute atomic E-state index is 13.9. The summed E-state index contributed by atoms with van der Waals surface area (Å²) in [7, 11) is 0. The maximum Gasteiger partial charge on any atom is 0.264 e. The molecule has 2 saturated heterocycles.